The molecule has 0 saturated carbocycles. The number of anilines is 1. The first-order valence-corrected chi connectivity index (χ1v) is 9.05. The SMILES string of the molecule is CN(C)CCCc1cccc(CNc2ccc3c(=O)[nH]nc(Cl)c3c2)c1. The van der Waals surface area contributed by atoms with Gasteiger partial charge in [-0.25, -0.2) is 5.10 Å². The first-order chi connectivity index (χ1) is 12.5. The van der Waals surface area contributed by atoms with Crippen molar-refractivity contribution >= 4 is 28.1 Å². The molecular formula is C20H23ClN4O. The summed E-state index contributed by atoms with van der Waals surface area (Å²) in [5.41, 5.74) is 3.25. The van der Waals surface area contributed by atoms with E-state index in [9.17, 15) is 4.79 Å². The predicted molar refractivity (Wildman–Crippen MR) is 108 cm³/mol. The molecule has 136 valence electrons. The largest absolute Gasteiger partial charge is 0.381 e. The van der Waals surface area contributed by atoms with Crippen LogP contribution in [0.4, 0.5) is 5.69 Å². The fourth-order valence-corrected chi connectivity index (χ4v) is 3.14. The first kappa shape index (κ1) is 18.4. The van der Waals surface area contributed by atoms with Gasteiger partial charge in [-0.05, 0) is 62.8 Å². The summed E-state index contributed by atoms with van der Waals surface area (Å²) < 4.78 is 0. The second kappa shape index (κ2) is 8.34. The number of H-pyrrole nitrogens is 1. The normalized spacial score (nSPS) is 11.2. The summed E-state index contributed by atoms with van der Waals surface area (Å²) in [6.07, 6.45) is 2.22. The summed E-state index contributed by atoms with van der Waals surface area (Å²) >= 11 is 6.10. The molecule has 0 aliphatic heterocycles. The van der Waals surface area contributed by atoms with Crippen LogP contribution in [0.25, 0.3) is 10.8 Å². The van der Waals surface area contributed by atoms with Crippen molar-refractivity contribution in [1.82, 2.24) is 15.1 Å². The molecule has 0 atom stereocenters. The molecule has 5 nitrogen and oxygen atoms in total. The van der Waals surface area contributed by atoms with Crippen LogP contribution in [0.15, 0.2) is 47.3 Å². The van der Waals surface area contributed by atoms with Crippen molar-refractivity contribution in [2.75, 3.05) is 26.0 Å². The molecule has 1 aromatic heterocycles. The number of hydrogen-bond acceptors (Lipinski definition) is 4. The van der Waals surface area contributed by atoms with Crippen LogP contribution in [-0.2, 0) is 13.0 Å². The highest BCUT2D eigenvalue weighted by atomic mass is 35.5. The van der Waals surface area contributed by atoms with Crippen LogP contribution in [0.2, 0.25) is 5.15 Å². The van der Waals surface area contributed by atoms with Crippen molar-refractivity contribution in [2.45, 2.75) is 19.4 Å². The third kappa shape index (κ3) is 4.62. The molecule has 3 rings (SSSR count). The van der Waals surface area contributed by atoms with Crippen LogP contribution in [0.3, 0.4) is 0 Å². The second-order valence-corrected chi connectivity index (χ2v) is 7.04. The average Bonchev–Trinajstić information content (AvgIpc) is 2.63. The number of halogens is 1. The van der Waals surface area contributed by atoms with Crippen molar-refractivity contribution in [3.05, 3.63) is 69.1 Å². The minimum absolute atomic E-state index is 0.235. The lowest BCUT2D eigenvalue weighted by Crippen LogP contribution is -2.13. The van der Waals surface area contributed by atoms with E-state index in [1.165, 1.54) is 11.1 Å². The Morgan fingerprint density at radius 1 is 1.12 bits per heavy atom. The molecule has 0 amide bonds. The Labute approximate surface area is 158 Å². The molecule has 0 fully saturated rings. The minimum Gasteiger partial charge on any atom is -0.381 e. The van der Waals surface area contributed by atoms with Gasteiger partial charge in [-0.2, -0.15) is 5.10 Å². The first-order valence-electron chi connectivity index (χ1n) is 8.67. The van der Waals surface area contributed by atoms with E-state index >= 15 is 0 Å². The average molecular weight is 371 g/mol. The highest BCUT2D eigenvalue weighted by molar-refractivity contribution is 6.34. The summed E-state index contributed by atoms with van der Waals surface area (Å²) in [7, 11) is 4.19. The number of aromatic nitrogens is 2. The van der Waals surface area contributed by atoms with Crippen LogP contribution >= 0.6 is 11.6 Å². The van der Waals surface area contributed by atoms with Crippen LogP contribution < -0.4 is 10.9 Å². The summed E-state index contributed by atoms with van der Waals surface area (Å²) in [5, 5.41) is 11.1. The van der Waals surface area contributed by atoms with Gasteiger partial charge >= 0.3 is 0 Å². The molecular weight excluding hydrogens is 348 g/mol. The predicted octanol–water partition coefficient (Wildman–Crippen LogP) is 3.68. The van der Waals surface area contributed by atoms with E-state index in [1.54, 1.807) is 6.07 Å². The molecule has 26 heavy (non-hydrogen) atoms. The van der Waals surface area contributed by atoms with Crippen LogP contribution in [-0.4, -0.2) is 35.7 Å². The monoisotopic (exact) mass is 370 g/mol. The second-order valence-electron chi connectivity index (χ2n) is 6.68. The van der Waals surface area contributed by atoms with Crippen LogP contribution in [0, 0.1) is 0 Å². The number of aryl methyl sites for hydroxylation is 1. The Kier molecular flexibility index (Phi) is 5.91. The van der Waals surface area contributed by atoms with Gasteiger partial charge in [-0.15, -0.1) is 0 Å². The molecule has 0 aliphatic carbocycles. The quantitative estimate of drug-likeness (QED) is 0.666. The molecule has 0 unspecified atom stereocenters. The Balaban J connectivity index is 1.68. The molecule has 0 bridgehead atoms. The lowest BCUT2D eigenvalue weighted by Gasteiger charge is -2.11. The van der Waals surface area contributed by atoms with Gasteiger partial charge in [-0.3, -0.25) is 4.79 Å². The maximum absolute atomic E-state index is 11.8. The van der Waals surface area contributed by atoms with E-state index in [2.05, 4.69) is 58.8 Å². The molecule has 2 N–H and O–H groups in total. The van der Waals surface area contributed by atoms with Gasteiger partial charge in [0.2, 0.25) is 0 Å². The Bertz CT molecular complexity index is 952. The minimum atomic E-state index is -0.235. The summed E-state index contributed by atoms with van der Waals surface area (Å²) in [6, 6.07) is 14.1. The molecule has 1 heterocycles. The number of rotatable bonds is 7. The highest BCUT2D eigenvalue weighted by Gasteiger charge is 2.06. The van der Waals surface area contributed by atoms with Crippen molar-refractivity contribution < 1.29 is 0 Å². The number of aromatic amines is 1. The third-order valence-electron chi connectivity index (χ3n) is 4.30. The standard InChI is InChI=1S/C20H23ClN4O/c1-25(2)10-4-7-14-5-3-6-15(11-14)13-22-16-8-9-17-18(12-16)19(21)23-24-20(17)26/h3,5-6,8-9,11-12,22H,4,7,10,13H2,1-2H3,(H,24,26). The number of nitrogens with one attached hydrogen (secondary N) is 2. The van der Waals surface area contributed by atoms with Crippen LogP contribution in [0.5, 0.6) is 0 Å². The topological polar surface area (TPSA) is 61.0 Å². The van der Waals surface area contributed by atoms with Crippen molar-refractivity contribution in [1.29, 1.82) is 0 Å². The molecule has 3 aromatic rings. The lowest BCUT2D eigenvalue weighted by molar-refractivity contribution is 0.400. The van der Waals surface area contributed by atoms with Gasteiger partial charge < -0.3 is 10.2 Å². The molecule has 2 aromatic carbocycles. The molecule has 0 radical (unpaired) electrons. The number of fused-ring (bicyclic) bond motifs is 1. The maximum atomic E-state index is 11.8. The summed E-state index contributed by atoms with van der Waals surface area (Å²) in [4.78, 5) is 14.0. The fourth-order valence-electron chi connectivity index (χ4n) is 2.94. The zero-order valence-corrected chi connectivity index (χ0v) is 15.8. The zero-order valence-electron chi connectivity index (χ0n) is 15.1. The summed E-state index contributed by atoms with van der Waals surface area (Å²) in [6.45, 7) is 1.80. The van der Waals surface area contributed by atoms with Gasteiger partial charge in [0.05, 0.1) is 5.39 Å². The van der Waals surface area contributed by atoms with Crippen molar-refractivity contribution in [2.24, 2.45) is 0 Å². The Hall–Kier alpha value is -2.37. The van der Waals surface area contributed by atoms with E-state index < -0.39 is 0 Å². The van der Waals surface area contributed by atoms with Gasteiger partial charge in [0, 0.05) is 17.6 Å². The Morgan fingerprint density at radius 3 is 2.73 bits per heavy atom. The van der Waals surface area contributed by atoms with Gasteiger partial charge in [0.1, 0.15) is 0 Å². The number of nitrogens with zero attached hydrogens (tertiary/aromatic N) is 2. The van der Waals surface area contributed by atoms with Gasteiger partial charge in [-0.1, -0.05) is 35.9 Å². The third-order valence-corrected chi connectivity index (χ3v) is 4.59. The van der Waals surface area contributed by atoms with Gasteiger partial charge in [0.25, 0.3) is 5.56 Å². The van der Waals surface area contributed by atoms with Crippen LogP contribution in [0.1, 0.15) is 17.5 Å². The number of benzene rings is 2. The van der Waals surface area contributed by atoms with E-state index in [0.717, 1.165) is 25.1 Å². The smallest absolute Gasteiger partial charge is 0.272 e. The van der Waals surface area contributed by atoms with Crippen molar-refractivity contribution in [3.8, 4) is 0 Å². The van der Waals surface area contributed by atoms with Gasteiger partial charge in [0.15, 0.2) is 5.15 Å². The molecule has 6 heteroatoms. The Morgan fingerprint density at radius 2 is 1.92 bits per heavy atom. The highest BCUT2D eigenvalue weighted by Crippen LogP contribution is 2.22. The zero-order chi connectivity index (χ0) is 18.5. The summed E-state index contributed by atoms with van der Waals surface area (Å²) in [5.74, 6) is 0. The van der Waals surface area contributed by atoms with E-state index in [-0.39, 0.29) is 5.56 Å². The number of hydrogen-bond donors (Lipinski definition) is 2. The molecule has 0 saturated heterocycles. The van der Waals surface area contributed by atoms with E-state index in [0.29, 0.717) is 22.5 Å². The van der Waals surface area contributed by atoms with Crippen molar-refractivity contribution in [3.63, 3.8) is 0 Å². The lowest BCUT2D eigenvalue weighted by atomic mass is 10.1. The molecule has 0 spiro atoms. The van der Waals surface area contributed by atoms with E-state index in [1.807, 2.05) is 12.1 Å². The fraction of sp³-hybridized carbons (Fsp3) is 0.300. The van der Waals surface area contributed by atoms with E-state index in [4.69, 9.17) is 11.6 Å². The molecule has 0 aliphatic rings. The maximum Gasteiger partial charge on any atom is 0.272 e.